The summed E-state index contributed by atoms with van der Waals surface area (Å²) in [5, 5.41) is 1.17. The Labute approximate surface area is 386 Å². The van der Waals surface area contributed by atoms with Crippen LogP contribution in [0.2, 0.25) is 0 Å². The number of hydrogen-bond donors (Lipinski definition) is 0. The Morgan fingerprint density at radius 2 is 1.00 bits per heavy atom. The van der Waals surface area contributed by atoms with E-state index in [9.17, 15) is 0 Å². The zero-order chi connectivity index (χ0) is 36.2. The third-order valence-electron chi connectivity index (χ3n) is 10.8. The van der Waals surface area contributed by atoms with E-state index in [0.29, 0.717) is 6.04 Å². The van der Waals surface area contributed by atoms with Crippen molar-refractivity contribution in [2.45, 2.75) is 167 Å². The second-order valence-electron chi connectivity index (χ2n) is 15.5. The number of aryl methyl sites for hydroxylation is 5. The second-order valence-corrected chi connectivity index (χ2v) is 16.3. The van der Waals surface area contributed by atoms with Gasteiger partial charge in [-0.05, 0) is 83.2 Å². The largest absolute Gasteiger partial charge is 1.00 e. The van der Waals surface area contributed by atoms with Crippen LogP contribution in [0.4, 0.5) is 0 Å². The quantitative estimate of drug-likeness (QED) is 0.0521. The molecule has 54 heavy (non-hydrogen) atoms. The van der Waals surface area contributed by atoms with Gasteiger partial charge in [0.2, 0.25) is 0 Å². The number of nitrogens with zero attached hydrogens (tertiary/aromatic N) is 4. The maximum absolute atomic E-state index is 3.49. The second kappa shape index (κ2) is 36.0. The summed E-state index contributed by atoms with van der Waals surface area (Å²) in [5.74, 6) is 0. The van der Waals surface area contributed by atoms with Crippen LogP contribution in [0.3, 0.4) is 0 Å². The highest BCUT2D eigenvalue weighted by Crippen LogP contribution is 2.29. The van der Waals surface area contributed by atoms with Crippen molar-refractivity contribution in [1.29, 1.82) is 0 Å². The fourth-order valence-corrected chi connectivity index (χ4v) is 8.08. The van der Waals surface area contributed by atoms with E-state index >= 15 is 0 Å². The fourth-order valence-electron chi connectivity index (χ4n) is 7.68. The molecule has 4 heterocycles. The molecule has 4 nitrogen and oxygen atoms in total. The molecule has 4 rings (SSSR count). The van der Waals surface area contributed by atoms with Crippen LogP contribution in [0.1, 0.15) is 164 Å². The van der Waals surface area contributed by atoms with Crippen molar-refractivity contribution in [3.63, 3.8) is 0 Å². The summed E-state index contributed by atoms with van der Waals surface area (Å²) in [4.78, 5) is 2.50. The Balaban J connectivity index is 0.00000107. The summed E-state index contributed by atoms with van der Waals surface area (Å²) < 4.78 is 6.71. The van der Waals surface area contributed by atoms with Crippen molar-refractivity contribution < 1.29 is 78.6 Å². The molecule has 0 spiro atoms. The van der Waals surface area contributed by atoms with E-state index in [0.717, 1.165) is 0 Å². The number of aromatic nitrogens is 3. The van der Waals surface area contributed by atoms with Crippen molar-refractivity contribution >= 4 is 15.9 Å². The first-order valence-electron chi connectivity index (χ1n) is 21.2. The van der Waals surface area contributed by atoms with Gasteiger partial charge in [0.15, 0.2) is 37.2 Å². The molecule has 0 saturated carbocycles. The van der Waals surface area contributed by atoms with Crippen LogP contribution in [0.15, 0.2) is 73.6 Å². The number of unbranched alkanes of at least 4 members (excludes halogenated alkanes) is 18. The third kappa shape index (κ3) is 26.0. The molecule has 1 atom stereocenters. The highest BCUT2D eigenvalue weighted by molar-refractivity contribution is 9.09. The summed E-state index contributed by atoms with van der Waals surface area (Å²) in [6.45, 7) is 2.41. The molecule has 1 aliphatic rings. The fraction of sp³-hybridized carbons (Fsp3) is 0.674. The molecule has 0 radical (unpaired) electrons. The first-order valence-corrected chi connectivity index (χ1v) is 22.3. The van der Waals surface area contributed by atoms with Gasteiger partial charge in [-0.25, -0.2) is 13.7 Å². The van der Waals surface area contributed by atoms with Crippen LogP contribution in [-0.2, 0) is 33.5 Å². The van der Waals surface area contributed by atoms with Gasteiger partial charge in [-0.1, -0.05) is 112 Å². The number of alkyl halides is 1. The molecule has 1 saturated heterocycles. The Morgan fingerprint density at radius 3 is 1.43 bits per heavy atom. The van der Waals surface area contributed by atoms with E-state index in [1.54, 1.807) is 0 Å². The van der Waals surface area contributed by atoms with Crippen LogP contribution in [0, 0.1) is 0 Å². The van der Waals surface area contributed by atoms with Crippen LogP contribution >= 0.6 is 15.9 Å². The number of likely N-dealkylation sites (tertiary alicyclic amines) is 1. The summed E-state index contributed by atoms with van der Waals surface area (Å²) in [6, 6.07) is 14.0. The van der Waals surface area contributed by atoms with E-state index in [1.807, 2.05) is 0 Å². The normalized spacial score (nSPS) is 13.7. The van der Waals surface area contributed by atoms with E-state index in [2.05, 4.69) is 129 Å². The van der Waals surface area contributed by atoms with Gasteiger partial charge in [0.1, 0.15) is 20.6 Å². The first-order chi connectivity index (χ1) is 25.0. The Morgan fingerprint density at radius 1 is 0.574 bits per heavy atom. The van der Waals surface area contributed by atoms with Crippen LogP contribution < -0.4 is 78.6 Å². The van der Waals surface area contributed by atoms with Crippen LogP contribution in [0.25, 0.3) is 0 Å². The average molecular weight is 1100 g/mol. The molecule has 0 aromatic carbocycles. The molecule has 3 aromatic rings. The van der Waals surface area contributed by atoms with Gasteiger partial charge in [-0.15, -0.1) is 0 Å². The number of rotatable bonds is 26. The van der Waals surface area contributed by atoms with Gasteiger partial charge in [-0.3, -0.25) is 4.90 Å². The summed E-state index contributed by atoms with van der Waals surface area (Å²) in [5.41, 5.74) is 4.45. The molecule has 1 fully saturated rings. The lowest BCUT2D eigenvalue weighted by atomic mass is 10.0. The smallest absolute Gasteiger partial charge is 0.173 e. The lowest BCUT2D eigenvalue weighted by Crippen LogP contribution is -3.00. The van der Waals surface area contributed by atoms with Crippen LogP contribution in [0.5, 0.6) is 0 Å². The van der Waals surface area contributed by atoms with Gasteiger partial charge >= 0.3 is 0 Å². The molecule has 0 unspecified atom stereocenters. The van der Waals surface area contributed by atoms with Crippen molar-refractivity contribution in [2.24, 2.45) is 14.1 Å². The molecule has 0 bridgehead atoms. The van der Waals surface area contributed by atoms with E-state index in [1.165, 1.54) is 189 Å². The molecule has 1 aliphatic heterocycles. The molecular weight excluding hydrogens is 1020 g/mol. The zero-order valence-corrected chi connectivity index (χ0v) is 41.9. The van der Waals surface area contributed by atoms with Gasteiger partial charge in [-0.2, -0.15) is 0 Å². The van der Waals surface area contributed by atoms with Crippen molar-refractivity contribution in [3.8, 4) is 0 Å². The third-order valence-corrected chi connectivity index (χ3v) is 11.3. The minimum absolute atomic E-state index is 0. The van der Waals surface area contributed by atoms with E-state index in [4.69, 9.17) is 0 Å². The van der Waals surface area contributed by atoms with Crippen molar-refractivity contribution in [2.75, 3.05) is 18.9 Å². The molecule has 0 N–H and O–H groups in total. The first kappa shape index (κ1) is 53.8. The lowest BCUT2D eigenvalue weighted by Gasteiger charge is -2.18. The van der Waals surface area contributed by atoms with Crippen molar-refractivity contribution in [1.82, 2.24) is 4.90 Å². The topological polar surface area (TPSA) is 14.9 Å². The highest BCUT2D eigenvalue weighted by Gasteiger charge is 2.24. The summed E-state index contributed by atoms with van der Waals surface area (Å²) in [7, 11) is 6.47. The number of hydrogen-bond acceptors (Lipinski definition) is 1. The zero-order valence-electron chi connectivity index (χ0n) is 34.4. The van der Waals surface area contributed by atoms with Gasteiger partial charge in [0.05, 0.1) is 0 Å². The Hall–Kier alpha value is -0.170. The molecule has 0 aliphatic carbocycles. The maximum Gasteiger partial charge on any atom is 0.173 e. The lowest BCUT2D eigenvalue weighted by molar-refractivity contribution is -0.697. The summed E-state index contributed by atoms with van der Waals surface area (Å²) >= 11 is 3.49. The molecule has 0 amide bonds. The minimum Gasteiger partial charge on any atom is -1.00 e. The molecule has 308 valence electrons. The van der Waals surface area contributed by atoms with E-state index < -0.39 is 0 Å². The van der Waals surface area contributed by atoms with E-state index in [-0.39, 0.29) is 64.9 Å². The Kier molecular flexibility index (Phi) is 35.8. The summed E-state index contributed by atoms with van der Waals surface area (Å²) in [6.07, 6.45) is 46.4. The minimum atomic E-state index is 0. The van der Waals surface area contributed by atoms with Gasteiger partial charge in [0, 0.05) is 52.7 Å². The number of halogens is 4. The average Bonchev–Trinajstić information content (AvgIpc) is 3.57. The molecule has 3 aromatic heterocycles. The number of pyridine rings is 3. The molecular formula is C46H76Br2I2N4. The SMILES string of the molecule is CN1CCC[C@H]1c1ccc[n+](CCCCCCCCCCCCc2ccc[n+](C)c2)c1.C[n+]1cccc(CCCCCCCCCCCCBr)c1.[Br-].[I-].[I-]. The monoisotopic (exact) mass is 1100 g/mol. The Bertz CT molecular complexity index is 1300. The van der Waals surface area contributed by atoms with Crippen molar-refractivity contribution in [3.05, 3.63) is 90.3 Å². The predicted octanol–water partition coefficient (Wildman–Crippen LogP) is 2.07. The van der Waals surface area contributed by atoms with Crippen LogP contribution in [-0.4, -0.2) is 23.8 Å². The molecule has 8 heteroatoms. The predicted molar refractivity (Wildman–Crippen MR) is 220 cm³/mol. The highest BCUT2D eigenvalue weighted by atomic mass is 127. The van der Waals surface area contributed by atoms with Gasteiger partial charge in [0.25, 0.3) is 0 Å². The van der Waals surface area contributed by atoms with Gasteiger partial charge < -0.3 is 64.9 Å². The maximum atomic E-state index is 3.49. The standard InChI is InChI=1S/C28H45N3.C18H31BrN.BrH.2HI/c1-29-20-13-17-26(24-29)16-11-9-7-5-3-4-6-8-10-12-22-31-23-14-18-27(25-31)28-19-15-21-30(28)2;1-20-16-12-14-18(17-20)13-10-8-6-4-2-3-5-7-9-11-15-19;;;/h13-14,17-18,20,23-25,28H,3-12,15-16,19,21-22H2,1-2H3;12,14,16-17H,2-11,13,15H2,1H3;3*1H/q+2;+1;;;/p-3/t28-;;;;/m0..../s1.